The van der Waals surface area contributed by atoms with Gasteiger partial charge in [-0.3, -0.25) is 4.79 Å². The Morgan fingerprint density at radius 1 is 1.35 bits per heavy atom. The molecule has 7 nitrogen and oxygen atoms in total. The van der Waals surface area contributed by atoms with Gasteiger partial charge in [0.25, 0.3) is 5.56 Å². The Bertz CT molecular complexity index is 686. The Hall–Kier alpha value is -1.80. The minimum absolute atomic E-state index is 0.202. The van der Waals surface area contributed by atoms with Gasteiger partial charge in [0, 0.05) is 17.1 Å². The van der Waals surface area contributed by atoms with Crippen LogP contribution in [0.3, 0.4) is 0 Å². The van der Waals surface area contributed by atoms with Gasteiger partial charge in [-0.15, -0.1) is 0 Å². The fourth-order valence-electron chi connectivity index (χ4n) is 2.42. The van der Waals surface area contributed by atoms with Crippen molar-refractivity contribution in [2.24, 2.45) is 0 Å². The van der Waals surface area contributed by atoms with Crippen LogP contribution in [0.2, 0.25) is 0 Å². The monoisotopic (exact) mass is 278 g/mol. The molecule has 2 aromatic rings. The lowest BCUT2D eigenvalue weighted by Gasteiger charge is -2.14. The lowest BCUT2D eigenvalue weighted by molar-refractivity contribution is -0.0231. The zero-order valence-electron chi connectivity index (χ0n) is 10.4. The van der Waals surface area contributed by atoms with Crippen molar-refractivity contribution in [1.82, 2.24) is 9.97 Å². The molecule has 2 aromatic heterocycles. The van der Waals surface area contributed by atoms with Crippen molar-refractivity contribution in [1.29, 1.82) is 0 Å². The Morgan fingerprint density at radius 3 is 2.85 bits per heavy atom. The number of ether oxygens (including phenoxy) is 1. The Kier molecular flexibility index (Phi) is 3.27. The maximum atomic E-state index is 12.0. The molecular formula is C13H14N2O5. The predicted octanol–water partition coefficient (Wildman–Crippen LogP) is -0.923. The Morgan fingerprint density at radius 2 is 2.15 bits per heavy atom. The fourth-order valence-corrected chi connectivity index (χ4v) is 2.42. The summed E-state index contributed by atoms with van der Waals surface area (Å²) in [6.07, 6.45) is -2.81. The van der Waals surface area contributed by atoms with E-state index < -0.39 is 36.6 Å². The molecule has 0 saturated carbocycles. The number of aromatic nitrogens is 2. The van der Waals surface area contributed by atoms with Crippen molar-refractivity contribution >= 4 is 11.0 Å². The Labute approximate surface area is 113 Å². The molecule has 4 N–H and O–H groups in total. The van der Waals surface area contributed by atoms with E-state index in [9.17, 15) is 15.0 Å². The van der Waals surface area contributed by atoms with Crippen LogP contribution in [-0.2, 0) is 4.74 Å². The normalized spacial score (nSPS) is 29.9. The average Bonchev–Trinajstić information content (AvgIpc) is 2.74. The summed E-state index contributed by atoms with van der Waals surface area (Å²) in [7, 11) is 0. The molecule has 0 radical (unpaired) electrons. The van der Waals surface area contributed by atoms with Gasteiger partial charge in [0.05, 0.1) is 6.61 Å². The first-order valence-corrected chi connectivity index (χ1v) is 6.22. The summed E-state index contributed by atoms with van der Waals surface area (Å²) in [6.45, 7) is -0.429. The van der Waals surface area contributed by atoms with Gasteiger partial charge >= 0.3 is 0 Å². The van der Waals surface area contributed by atoms with Gasteiger partial charge in [-0.25, -0.2) is 4.98 Å². The number of H-pyrrole nitrogens is 1. The molecule has 106 valence electrons. The summed E-state index contributed by atoms with van der Waals surface area (Å²) >= 11 is 0. The lowest BCUT2D eigenvalue weighted by atomic mass is 10.0. The molecule has 4 atom stereocenters. The van der Waals surface area contributed by atoms with Crippen LogP contribution in [0.25, 0.3) is 11.0 Å². The van der Waals surface area contributed by atoms with Crippen LogP contribution in [0.5, 0.6) is 0 Å². The standard InChI is InChI=1S/C13H14N2O5/c16-5-8-9(17)10(18)11(20-8)7-4-6-2-1-3-14-12(6)15-13(7)19/h1-4,8-11,16-18H,5H2,(H,14,15,19)/t8-,9?,10?,11+/m1/s1. The number of nitrogens with one attached hydrogen (secondary N) is 1. The predicted molar refractivity (Wildman–Crippen MR) is 69.1 cm³/mol. The molecule has 0 amide bonds. The van der Waals surface area contributed by atoms with E-state index in [1.54, 1.807) is 24.4 Å². The molecule has 1 aliphatic rings. The number of fused-ring (bicyclic) bond motifs is 1. The van der Waals surface area contributed by atoms with Crippen LogP contribution < -0.4 is 5.56 Å². The van der Waals surface area contributed by atoms with E-state index in [0.717, 1.165) is 0 Å². The number of aromatic amines is 1. The zero-order valence-corrected chi connectivity index (χ0v) is 10.4. The van der Waals surface area contributed by atoms with Crippen LogP contribution >= 0.6 is 0 Å². The van der Waals surface area contributed by atoms with Crippen LogP contribution in [0, 0.1) is 0 Å². The van der Waals surface area contributed by atoms with Crippen LogP contribution in [-0.4, -0.2) is 50.2 Å². The molecule has 7 heteroatoms. The maximum Gasteiger partial charge on any atom is 0.255 e. The molecule has 0 spiro atoms. The second-order valence-electron chi connectivity index (χ2n) is 4.75. The minimum Gasteiger partial charge on any atom is -0.394 e. The molecule has 1 saturated heterocycles. The highest BCUT2D eigenvalue weighted by Gasteiger charge is 2.44. The average molecular weight is 278 g/mol. The second-order valence-corrected chi connectivity index (χ2v) is 4.75. The molecular weight excluding hydrogens is 264 g/mol. The van der Waals surface area contributed by atoms with Crippen molar-refractivity contribution in [3.05, 3.63) is 40.3 Å². The maximum absolute atomic E-state index is 12.0. The van der Waals surface area contributed by atoms with Gasteiger partial charge in [-0.05, 0) is 18.2 Å². The molecule has 0 bridgehead atoms. The van der Waals surface area contributed by atoms with Crippen molar-refractivity contribution < 1.29 is 20.1 Å². The first-order valence-electron chi connectivity index (χ1n) is 6.22. The summed E-state index contributed by atoms with van der Waals surface area (Å²) in [5.74, 6) is 0. The summed E-state index contributed by atoms with van der Waals surface area (Å²) in [5.41, 5.74) is 0.201. The van der Waals surface area contributed by atoms with E-state index in [2.05, 4.69) is 9.97 Å². The van der Waals surface area contributed by atoms with Gasteiger partial charge in [0.2, 0.25) is 0 Å². The van der Waals surface area contributed by atoms with Gasteiger partial charge in [-0.2, -0.15) is 0 Å². The molecule has 1 fully saturated rings. The third-order valence-corrected chi connectivity index (χ3v) is 3.49. The van der Waals surface area contributed by atoms with Crippen molar-refractivity contribution in [2.75, 3.05) is 6.61 Å². The minimum atomic E-state index is -1.26. The molecule has 2 unspecified atom stereocenters. The summed E-state index contributed by atoms with van der Waals surface area (Å²) in [5, 5.41) is 29.5. The van der Waals surface area contributed by atoms with Gasteiger partial charge in [0.15, 0.2) is 0 Å². The fraction of sp³-hybridized carbons (Fsp3) is 0.385. The van der Waals surface area contributed by atoms with E-state index in [1.807, 2.05) is 0 Å². The molecule has 3 heterocycles. The summed E-state index contributed by atoms with van der Waals surface area (Å²) in [6, 6.07) is 5.06. The SMILES string of the molecule is O=c1[nH]c2ncccc2cc1[C@@H]1O[C@H](CO)C(O)C1O. The van der Waals surface area contributed by atoms with Crippen molar-refractivity contribution in [3.8, 4) is 0 Å². The smallest absolute Gasteiger partial charge is 0.255 e. The summed E-state index contributed by atoms with van der Waals surface area (Å²) < 4.78 is 5.36. The van der Waals surface area contributed by atoms with E-state index in [0.29, 0.717) is 11.0 Å². The van der Waals surface area contributed by atoms with E-state index in [1.165, 1.54) is 0 Å². The number of pyridine rings is 2. The van der Waals surface area contributed by atoms with E-state index in [4.69, 9.17) is 9.84 Å². The van der Waals surface area contributed by atoms with Gasteiger partial charge in [0.1, 0.15) is 30.1 Å². The molecule has 0 aliphatic carbocycles. The number of hydrogen-bond donors (Lipinski definition) is 4. The third kappa shape index (κ3) is 2.01. The highest BCUT2D eigenvalue weighted by atomic mass is 16.6. The number of aliphatic hydroxyl groups is 3. The Balaban J connectivity index is 2.06. The largest absolute Gasteiger partial charge is 0.394 e. The quantitative estimate of drug-likeness (QED) is 0.564. The zero-order chi connectivity index (χ0) is 14.3. The highest BCUT2D eigenvalue weighted by Crippen LogP contribution is 2.32. The van der Waals surface area contributed by atoms with Crippen LogP contribution in [0.1, 0.15) is 11.7 Å². The topological polar surface area (TPSA) is 116 Å². The van der Waals surface area contributed by atoms with E-state index >= 15 is 0 Å². The van der Waals surface area contributed by atoms with Crippen molar-refractivity contribution in [3.63, 3.8) is 0 Å². The summed E-state index contributed by atoms with van der Waals surface area (Å²) in [4.78, 5) is 18.7. The van der Waals surface area contributed by atoms with Crippen molar-refractivity contribution in [2.45, 2.75) is 24.4 Å². The number of aliphatic hydroxyl groups excluding tert-OH is 3. The van der Waals surface area contributed by atoms with Gasteiger partial charge in [-0.1, -0.05) is 0 Å². The molecule has 1 aliphatic heterocycles. The molecule has 0 aromatic carbocycles. The third-order valence-electron chi connectivity index (χ3n) is 3.49. The molecule has 3 rings (SSSR count). The second kappa shape index (κ2) is 4.95. The van der Waals surface area contributed by atoms with Crippen LogP contribution in [0.15, 0.2) is 29.2 Å². The first kappa shape index (κ1) is 13.2. The first-order chi connectivity index (χ1) is 9.61. The lowest BCUT2D eigenvalue weighted by Crippen LogP contribution is -2.33. The van der Waals surface area contributed by atoms with Gasteiger partial charge < -0.3 is 25.0 Å². The number of rotatable bonds is 2. The van der Waals surface area contributed by atoms with Crippen LogP contribution in [0.4, 0.5) is 0 Å². The number of hydrogen-bond acceptors (Lipinski definition) is 6. The number of nitrogens with zero attached hydrogens (tertiary/aromatic N) is 1. The highest BCUT2D eigenvalue weighted by molar-refractivity contribution is 5.74. The molecule has 20 heavy (non-hydrogen) atoms. The van der Waals surface area contributed by atoms with E-state index in [-0.39, 0.29) is 5.56 Å².